The molecule has 0 unspecified atom stereocenters. The molecule has 7 heteroatoms. The normalized spacial score (nSPS) is 29.4. The summed E-state index contributed by atoms with van der Waals surface area (Å²) >= 11 is 0. The maximum atomic E-state index is 11.9. The molecule has 0 fully saturated rings. The van der Waals surface area contributed by atoms with E-state index in [1.54, 1.807) is 36.5 Å². The highest BCUT2D eigenvalue weighted by Gasteiger charge is 2.13. The van der Waals surface area contributed by atoms with Crippen LogP contribution in [0.1, 0.15) is 58.3 Å². The molecule has 0 aromatic rings. The van der Waals surface area contributed by atoms with Crippen LogP contribution in [0.5, 0.6) is 0 Å². The second-order valence-electron chi connectivity index (χ2n) is 7.94. The third kappa shape index (κ3) is 16.4. The minimum Gasteiger partial charge on any atom is -0.481 e. The highest BCUT2D eigenvalue weighted by Crippen LogP contribution is 2.08. The number of aliphatic hydroxyl groups excluding tert-OH is 1. The first kappa shape index (κ1) is 28.8. The Hall–Kier alpha value is -3.19. The molecule has 1 heterocycles. The molecule has 2 N–H and O–H groups in total. The van der Waals surface area contributed by atoms with Gasteiger partial charge in [0.25, 0.3) is 0 Å². The van der Waals surface area contributed by atoms with E-state index in [1.807, 2.05) is 31.2 Å². The first-order chi connectivity index (χ1) is 16.4. The van der Waals surface area contributed by atoms with E-state index < -0.39 is 36.5 Å². The lowest BCUT2D eigenvalue weighted by Crippen LogP contribution is -2.18. The molecule has 0 saturated heterocycles. The summed E-state index contributed by atoms with van der Waals surface area (Å²) in [6.45, 7) is 1.86. The van der Waals surface area contributed by atoms with Gasteiger partial charge in [-0.1, -0.05) is 60.8 Å². The van der Waals surface area contributed by atoms with Crippen molar-refractivity contribution in [3.63, 3.8) is 0 Å². The van der Waals surface area contributed by atoms with Crippen LogP contribution in [0.3, 0.4) is 0 Å². The van der Waals surface area contributed by atoms with Crippen molar-refractivity contribution in [1.29, 1.82) is 0 Å². The first-order valence-electron chi connectivity index (χ1n) is 11.6. The van der Waals surface area contributed by atoms with Gasteiger partial charge in [0.2, 0.25) is 0 Å². The van der Waals surface area contributed by atoms with Gasteiger partial charge in [0.1, 0.15) is 12.5 Å². The zero-order chi connectivity index (χ0) is 25.0. The SMILES string of the molecule is C[C@@H]1CCC/C=C/C=C/CC[C@@H](O)C/C=C\C=C\[C@@H](OC(=O)CC(=O)O)C/C=C/C=C\C(=O)O1. The summed E-state index contributed by atoms with van der Waals surface area (Å²) in [6.07, 6.45) is 23.9. The fraction of sp³-hybridized carbons (Fsp3) is 0.444. The number of allylic oxidation sites excluding steroid dienone is 8. The predicted molar refractivity (Wildman–Crippen MR) is 131 cm³/mol. The number of cyclic esters (lactones) is 1. The van der Waals surface area contributed by atoms with Crippen molar-refractivity contribution in [2.45, 2.75) is 76.6 Å². The van der Waals surface area contributed by atoms with Gasteiger partial charge in [0.15, 0.2) is 0 Å². The van der Waals surface area contributed by atoms with E-state index in [4.69, 9.17) is 14.6 Å². The molecule has 0 aliphatic carbocycles. The second-order valence-corrected chi connectivity index (χ2v) is 7.94. The van der Waals surface area contributed by atoms with Crippen molar-refractivity contribution in [3.05, 3.63) is 72.9 Å². The summed E-state index contributed by atoms with van der Waals surface area (Å²) in [6, 6.07) is 0. The predicted octanol–water partition coefficient (Wildman–Crippen LogP) is 4.75. The van der Waals surface area contributed by atoms with Gasteiger partial charge in [-0.05, 0) is 51.5 Å². The zero-order valence-corrected chi connectivity index (χ0v) is 19.8. The van der Waals surface area contributed by atoms with Crippen LogP contribution in [0.15, 0.2) is 72.9 Å². The highest BCUT2D eigenvalue weighted by molar-refractivity contribution is 5.90. The van der Waals surface area contributed by atoms with Crippen LogP contribution in [0.4, 0.5) is 0 Å². The fourth-order valence-corrected chi connectivity index (χ4v) is 3.00. The Kier molecular flexibility index (Phi) is 15.5. The van der Waals surface area contributed by atoms with Crippen molar-refractivity contribution in [1.82, 2.24) is 0 Å². The number of carboxylic acid groups (broad SMARTS) is 1. The smallest absolute Gasteiger partial charge is 0.331 e. The lowest BCUT2D eigenvalue weighted by Gasteiger charge is -2.11. The molecule has 1 rings (SSSR count). The number of hydrogen-bond acceptors (Lipinski definition) is 6. The molecule has 0 amide bonds. The Bertz CT molecular complexity index is 802. The van der Waals surface area contributed by atoms with Crippen molar-refractivity contribution in [3.8, 4) is 0 Å². The molecule has 0 aromatic heterocycles. The molecule has 0 saturated carbocycles. The maximum absolute atomic E-state index is 11.9. The number of esters is 2. The van der Waals surface area contributed by atoms with Crippen LogP contribution >= 0.6 is 0 Å². The van der Waals surface area contributed by atoms with E-state index in [0.29, 0.717) is 19.3 Å². The third-order valence-corrected chi connectivity index (χ3v) is 4.76. The van der Waals surface area contributed by atoms with Crippen molar-refractivity contribution < 1.29 is 34.1 Å². The number of aliphatic hydroxyl groups is 1. The summed E-state index contributed by atoms with van der Waals surface area (Å²) in [7, 11) is 0. The Balaban J connectivity index is 2.81. The minimum atomic E-state index is -1.26. The van der Waals surface area contributed by atoms with E-state index in [-0.39, 0.29) is 6.10 Å². The van der Waals surface area contributed by atoms with Gasteiger partial charge >= 0.3 is 17.9 Å². The number of carbonyl (C=O) groups excluding carboxylic acids is 2. The number of carbonyl (C=O) groups is 3. The maximum Gasteiger partial charge on any atom is 0.331 e. The van der Waals surface area contributed by atoms with E-state index in [0.717, 1.165) is 25.7 Å². The van der Waals surface area contributed by atoms with E-state index in [1.165, 1.54) is 6.08 Å². The molecule has 0 radical (unpaired) electrons. The summed E-state index contributed by atoms with van der Waals surface area (Å²) < 4.78 is 10.6. The lowest BCUT2D eigenvalue weighted by molar-refractivity contribution is -0.153. The number of ether oxygens (including phenoxy) is 2. The van der Waals surface area contributed by atoms with Gasteiger partial charge in [0, 0.05) is 12.5 Å². The molecule has 3 atom stereocenters. The number of hydrogen-bond donors (Lipinski definition) is 2. The van der Waals surface area contributed by atoms with E-state index in [9.17, 15) is 19.5 Å². The van der Waals surface area contributed by atoms with Crippen LogP contribution in [0.2, 0.25) is 0 Å². The standard InChI is InChI=1S/C27H36O7/c1-22-15-9-5-3-2-4-6-10-16-23(28)17-11-7-12-18-24(34-27(32)21-25(29)30)19-13-8-14-20-26(31)33-22/h2-4,6-8,11-14,18,20,22-24,28H,5,9-10,15-17,19,21H2,1H3,(H,29,30)/b3-2+,6-4+,11-7-,13-8+,18-12+,20-14-/t22-,23-,24-/m1/s1. The summed E-state index contributed by atoms with van der Waals surface area (Å²) in [5.41, 5.74) is 0. The van der Waals surface area contributed by atoms with Crippen molar-refractivity contribution in [2.24, 2.45) is 0 Å². The quantitative estimate of drug-likeness (QED) is 0.451. The molecule has 34 heavy (non-hydrogen) atoms. The molecule has 1 aliphatic rings. The monoisotopic (exact) mass is 472 g/mol. The van der Waals surface area contributed by atoms with Crippen LogP contribution in [0, 0.1) is 0 Å². The third-order valence-electron chi connectivity index (χ3n) is 4.76. The van der Waals surface area contributed by atoms with Gasteiger partial charge in [0.05, 0.1) is 12.2 Å². The number of rotatable bonds is 3. The van der Waals surface area contributed by atoms with E-state index in [2.05, 4.69) is 6.08 Å². The highest BCUT2D eigenvalue weighted by atomic mass is 16.5. The van der Waals surface area contributed by atoms with Crippen LogP contribution in [-0.2, 0) is 23.9 Å². The largest absolute Gasteiger partial charge is 0.481 e. The van der Waals surface area contributed by atoms with Crippen LogP contribution in [-0.4, -0.2) is 46.4 Å². The van der Waals surface area contributed by atoms with Gasteiger partial charge in [-0.2, -0.15) is 0 Å². The summed E-state index contributed by atoms with van der Waals surface area (Å²) in [4.78, 5) is 34.4. The Morgan fingerprint density at radius 1 is 0.971 bits per heavy atom. The first-order valence-corrected chi connectivity index (χ1v) is 11.6. The topological polar surface area (TPSA) is 110 Å². The molecule has 0 aromatic carbocycles. The van der Waals surface area contributed by atoms with Crippen molar-refractivity contribution in [2.75, 3.05) is 0 Å². The molecule has 0 bridgehead atoms. The Morgan fingerprint density at radius 3 is 2.41 bits per heavy atom. The number of aliphatic carboxylic acids is 1. The van der Waals surface area contributed by atoms with Gasteiger partial charge in [-0.25, -0.2) is 4.79 Å². The average molecular weight is 473 g/mol. The fourth-order valence-electron chi connectivity index (χ4n) is 3.00. The second kappa shape index (κ2) is 18.3. The minimum absolute atomic E-state index is 0.187. The molecule has 1 aliphatic heterocycles. The van der Waals surface area contributed by atoms with Crippen LogP contribution < -0.4 is 0 Å². The van der Waals surface area contributed by atoms with E-state index >= 15 is 0 Å². The summed E-state index contributed by atoms with van der Waals surface area (Å²) in [5, 5.41) is 18.8. The molecule has 7 nitrogen and oxygen atoms in total. The molecular weight excluding hydrogens is 436 g/mol. The number of carboxylic acids is 1. The van der Waals surface area contributed by atoms with Crippen LogP contribution in [0.25, 0.3) is 0 Å². The Labute approximate surface area is 201 Å². The molecule has 186 valence electrons. The van der Waals surface area contributed by atoms with Gasteiger partial charge in [-0.3, -0.25) is 9.59 Å². The van der Waals surface area contributed by atoms with Gasteiger partial charge < -0.3 is 19.7 Å². The van der Waals surface area contributed by atoms with Gasteiger partial charge in [-0.15, -0.1) is 0 Å². The Morgan fingerprint density at radius 2 is 1.65 bits per heavy atom. The molecular formula is C27H36O7. The molecule has 0 spiro atoms. The average Bonchev–Trinajstić information content (AvgIpc) is 2.76. The van der Waals surface area contributed by atoms with Crippen molar-refractivity contribution >= 4 is 17.9 Å². The lowest BCUT2D eigenvalue weighted by atomic mass is 10.1. The zero-order valence-electron chi connectivity index (χ0n) is 19.8. The summed E-state index contributed by atoms with van der Waals surface area (Å²) in [5.74, 6) is -2.52.